The lowest BCUT2D eigenvalue weighted by molar-refractivity contribution is 0.0941. The number of nitrogens with one attached hydrogen (secondary N) is 2. The van der Waals surface area contributed by atoms with Gasteiger partial charge in [-0.1, -0.05) is 36.4 Å². The summed E-state index contributed by atoms with van der Waals surface area (Å²) in [5.74, 6) is -0.306. The van der Waals surface area contributed by atoms with Crippen molar-refractivity contribution in [3.05, 3.63) is 65.2 Å². The monoisotopic (exact) mass is 419 g/mol. The van der Waals surface area contributed by atoms with Gasteiger partial charge in [0, 0.05) is 25.8 Å². The van der Waals surface area contributed by atoms with E-state index < -0.39 is 10.0 Å². The van der Waals surface area contributed by atoms with Crippen molar-refractivity contribution in [2.45, 2.75) is 17.9 Å². The van der Waals surface area contributed by atoms with Gasteiger partial charge >= 0.3 is 0 Å². The van der Waals surface area contributed by atoms with E-state index in [0.29, 0.717) is 17.7 Å². The van der Waals surface area contributed by atoms with E-state index in [1.807, 2.05) is 49.3 Å². The number of carbonyl (C=O) groups excluding carboxylic acids is 1. The van der Waals surface area contributed by atoms with Crippen molar-refractivity contribution < 1.29 is 17.9 Å². The van der Waals surface area contributed by atoms with Gasteiger partial charge in [-0.25, -0.2) is 13.1 Å². The normalized spacial score (nSPS) is 12.7. The highest BCUT2D eigenvalue weighted by Crippen LogP contribution is 2.19. The summed E-state index contributed by atoms with van der Waals surface area (Å²) in [6, 6.07) is 14.4. The Morgan fingerprint density at radius 3 is 2.45 bits per heavy atom. The van der Waals surface area contributed by atoms with E-state index in [1.54, 1.807) is 13.0 Å². The molecule has 8 heteroatoms. The summed E-state index contributed by atoms with van der Waals surface area (Å²) in [6.07, 6.45) is 0. The Morgan fingerprint density at radius 1 is 1.14 bits per heavy atom. The molecule has 0 aliphatic carbocycles. The Hall–Kier alpha value is -2.26. The molecule has 0 aliphatic heterocycles. The van der Waals surface area contributed by atoms with Gasteiger partial charge in [0.1, 0.15) is 0 Å². The molecule has 29 heavy (non-hydrogen) atoms. The predicted octanol–water partition coefficient (Wildman–Crippen LogP) is 1.95. The zero-order valence-electron chi connectivity index (χ0n) is 17.3. The molecule has 7 nitrogen and oxygen atoms in total. The van der Waals surface area contributed by atoms with Gasteiger partial charge in [-0.15, -0.1) is 0 Å². The second-order valence-electron chi connectivity index (χ2n) is 6.97. The SMILES string of the molecule is COCCNS(=O)(=O)c1ccc(C)c(C(=O)NCC(c2ccccc2)N(C)C)c1. The number of benzene rings is 2. The Bertz CT molecular complexity index is 915. The topological polar surface area (TPSA) is 87.7 Å². The molecule has 158 valence electrons. The van der Waals surface area contributed by atoms with Crippen molar-refractivity contribution in [2.75, 3.05) is 40.9 Å². The van der Waals surface area contributed by atoms with E-state index in [-0.39, 0.29) is 30.0 Å². The number of methoxy groups -OCH3 is 1. The number of rotatable bonds is 10. The van der Waals surface area contributed by atoms with Gasteiger partial charge in [-0.05, 0) is 44.3 Å². The second kappa shape index (κ2) is 10.5. The highest BCUT2D eigenvalue weighted by atomic mass is 32.2. The lowest BCUT2D eigenvalue weighted by Gasteiger charge is -2.25. The van der Waals surface area contributed by atoms with Crippen molar-refractivity contribution in [1.82, 2.24) is 14.9 Å². The van der Waals surface area contributed by atoms with Crippen molar-refractivity contribution in [3.8, 4) is 0 Å². The Balaban J connectivity index is 2.16. The fourth-order valence-corrected chi connectivity index (χ4v) is 3.97. The second-order valence-corrected chi connectivity index (χ2v) is 8.73. The first-order chi connectivity index (χ1) is 13.8. The van der Waals surface area contributed by atoms with E-state index in [2.05, 4.69) is 10.0 Å². The molecular formula is C21H29N3O4S. The third-order valence-electron chi connectivity index (χ3n) is 4.63. The fraction of sp³-hybridized carbons (Fsp3) is 0.381. The van der Waals surface area contributed by atoms with Crippen LogP contribution in [-0.2, 0) is 14.8 Å². The molecular weight excluding hydrogens is 390 g/mol. The van der Waals surface area contributed by atoms with Gasteiger partial charge in [-0.2, -0.15) is 0 Å². The van der Waals surface area contributed by atoms with Gasteiger partial charge in [0.2, 0.25) is 10.0 Å². The fourth-order valence-electron chi connectivity index (χ4n) is 2.93. The first-order valence-electron chi connectivity index (χ1n) is 9.35. The molecule has 1 unspecified atom stereocenters. The van der Waals surface area contributed by atoms with Crippen LogP contribution in [0, 0.1) is 6.92 Å². The Morgan fingerprint density at radius 2 is 1.83 bits per heavy atom. The van der Waals surface area contributed by atoms with Crippen LogP contribution in [0.4, 0.5) is 0 Å². The van der Waals surface area contributed by atoms with E-state index in [1.165, 1.54) is 19.2 Å². The lowest BCUT2D eigenvalue weighted by Crippen LogP contribution is -2.35. The van der Waals surface area contributed by atoms with E-state index in [0.717, 1.165) is 5.56 Å². The highest BCUT2D eigenvalue weighted by molar-refractivity contribution is 7.89. The Kier molecular flexibility index (Phi) is 8.33. The summed E-state index contributed by atoms with van der Waals surface area (Å²) in [5.41, 5.74) is 2.14. The molecule has 0 saturated heterocycles. The van der Waals surface area contributed by atoms with E-state index in [9.17, 15) is 13.2 Å². The van der Waals surface area contributed by atoms with Crippen LogP contribution in [0.15, 0.2) is 53.4 Å². The molecule has 2 aromatic carbocycles. The Labute approximate surface area is 173 Å². The number of amides is 1. The van der Waals surface area contributed by atoms with Crippen molar-refractivity contribution >= 4 is 15.9 Å². The quantitative estimate of drug-likeness (QED) is 0.575. The summed E-state index contributed by atoms with van der Waals surface area (Å²) in [5, 5.41) is 2.93. The number of sulfonamides is 1. The van der Waals surface area contributed by atoms with Crippen molar-refractivity contribution in [1.29, 1.82) is 0 Å². The minimum absolute atomic E-state index is 0.00285. The number of nitrogens with zero attached hydrogens (tertiary/aromatic N) is 1. The maximum atomic E-state index is 12.8. The molecule has 2 rings (SSSR count). The number of aryl methyl sites for hydroxylation is 1. The number of hydrogen-bond donors (Lipinski definition) is 2. The smallest absolute Gasteiger partial charge is 0.251 e. The third kappa shape index (κ3) is 6.37. The summed E-state index contributed by atoms with van der Waals surface area (Å²) in [4.78, 5) is 14.9. The maximum Gasteiger partial charge on any atom is 0.251 e. The molecule has 0 aliphatic rings. The molecule has 0 fully saturated rings. The third-order valence-corrected chi connectivity index (χ3v) is 6.08. The number of hydrogen-bond acceptors (Lipinski definition) is 5. The first-order valence-corrected chi connectivity index (χ1v) is 10.8. The summed E-state index contributed by atoms with van der Waals surface area (Å²) in [7, 11) is 1.69. The van der Waals surface area contributed by atoms with Crippen LogP contribution in [0.25, 0.3) is 0 Å². The molecule has 0 saturated carbocycles. The summed E-state index contributed by atoms with van der Waals surface area (Å²) >= 11 is 0. The van der Waals surface area contributed by atoms with Crippen LogP contribution in [0.2, 0.25) is 0 Å². The summed E-state index contributed by atoms with van der Waals surface area (Å²) < 4.78 is 32.2. The zero-order valence-corrected chi connectivity index (χ0v) is 18.1. The molecule has 0 heterocycles. The average molecular weight is 420 g/mol. The number of carbonyl (C=O) groups is 1. The zero-order chi connectivity index (χ0) is 21.4. The molecule has 0 bridgehead atoms. The molecule has 2 N–H and O–H groups in total. The average Bonchev–Trinajstić information content (AvgIpc) is 2.69. The maximum absolute atomic E-state index is 12.8. The van der Waals surface area contributed by atoms with Gasteiger partial charge in [-0.3, -0.25) is 4.79 Å². The molecule has 0 radical (unpaired) electrons. The standard InChI is InChI=1S/C21H29N3O4S/c1-16-10-11-18(29(26,27)23-12-13-28-4)14-19(16)21(25)22-15-20(24(2)3)17-8-6-5-7-9-17/h5-11,14,20,23H,12-13,15H2,1-4H3,(H,22,25). The van der Waals surface area contributed by atoms with Gasteiger partial charge in [0.15, 0.2) is 0 Å². The highest BCUT2D eigenvalue weighted by Gasteiger charge is 2.19. The minimum atomic E-state index is -3.71. The van der Waals surface area contributed by atoms with Gasteiger partial charge in [0.25, 0.3) is 5.91 Å². The predicted molar refractivity (Wildman–Crippen MR) is 113 cm³/mol. The minimum Gasteiger partial charge on any atom is -0.383 e. The molecule has 0 aromatic heterocycles. The van der Waals surface area contributed by atoms with Gasteiger partial charge in [0.05, 0.1) is 17.5 Å². The first kappa shape index (κ1) is 23.0. The van der Waals surface area contributed by atoms with Crippen molar-refractivity contribution in [3.63, 3.8) is 0 Å². The number of likely N-dealkylation sites (N-methyl/N-ethyl adjacent to an activating group) is 1. The number of ether oxygens (including phenoxy) is 1. The molecule has 0 spiro atoms. The van der Waals surface area contributed by atoms with Crippen LogP contribution < -0.4 is 10.0 Å². The molecule has 2 aromatic rings. The van der Waals surface area contributed by atoms with Crippen LogP contribution in [0.1, 0.15) is 27.5 Å². The lowest BCUT2D eigenvalue weighted by atomic mass is 10.1. The van der Waals surface area contributed by atoms with Crippen LogP contribution >= 0.6 is 0 Å². The van der Waals surface area contributed by atoms with Crippen LogP contribution in [0.5, 0.6) is 0 Å². The molecule has 1 atom stereocenters. The van der Waals surface area contributed by atoms with Gasteiger partial charge < -0.3 is 15.0 Å². The van der Waals surface area contributed by atoms with Crippen LogP contribution in [-0.4, -0.2) is 60.1 Å². The summed E-state index contributed by atoms with van der Waals surface area (Å²) in [6.45, 7) is 2.61. The van der Waals surface area contributed by atoms with E-state index in [4.69, 9.17) is 4.74 Å². The van der Waals surface area contributed by atoms with Crippen LogP contribution in [0.3, 0.4) is 0 Å². The largest absolute Gasteiger partial charge is 0.383 e. The molecule has 1 amide bonds. The van der Waals surface area contributed by atoms with Crippen molar-refractivity contribution in [2.24, 2.45) is 0 Å². The van der Waals surface area contributed by atoms with E-state index >= 15 is 0 Å².